The van der Waals surface area contributed by atoms with Crippen molar-refractivity contribution in [1.29, 1.82) is 5.26 Å². The van der Waals surface area contributed by atoms with Gasteiger partial charge in [0.2, 0.25) is 10.0 Å². The number of esters is 1. The van der Waals surface area contributed by atoms with E-state index in [1.54, 1.807) is 0 Å². The van der Waals surface area contributed by atoms with Crippen molar-refractivity contribution in [2.75, 3.05) is 26.0 Å². The number of ether oxygens (including phenoxy) is 1. The van der Waals surface area contributed by atoms with Gasteiger partial charge in [0.25, 0.3) is 5.91 Å². The molecule has 0 unspecified atom stereocenters. The predicted molar refractivity (Wildman–Crippen MR) is 122 cm³/mol. The molecule has 2 aromatic rings. The van der Waals surface area contributed by atoms with Gasteiger partial charge < -0.3 is 10.1 Å². The summed E-state index contributed by atoms with van der Waals surface area (Å²) in [6.45, 7) is -0.604. The second kappa shape index (κ2) is 10.0. The van der Waals surface area contributed by atoms with E-state index in [9.17, 15) is 23.3 Å². The summed E-state index contributed by atoms with van der Waals surface area (Å²) in [7, 11) is -1.04. The molecule has 8 nitrogen and oxygen atoms in total. The quantitative estimate of drug-likeness (QED) is 0.483. The number of nitrogens with zero attached hydrogens (tertiary/aromatic N) is 2. The highest BCUT2D eigenvalue weighted by molar-refractivity contribution is 7.89. The highest BCUT2D eigenvalue weighted by Crippen LogP contribution is 2.37. The lowest BCUT2D eigenvalue weighted by Crippen LogP contribution is -2.23. The molecule has 1 heterocycles. The van der Waals surface area contributed by atoms with Crippen molar-refractivity contribution in [1.82, 2.24) is 4.31 Å². The van der Waals surface area contributed by atoms with Crippen molar-refractivity contribution >= 4 is 49.8 Å². The van der Waals surface area contributed by atoms with E-state index < -0.39 is 28.5 Å². The number of thiophene rings is 1. The molecule has 1 N–H and O–H groups in total. The second-order valence-corrected chi connectivity index (χ2v) is 11.1. The van der Waals surface area contributed by atoms with Crippen LogP contribution >= 0.6 is 22.9 Å². The third kappa shape index (κ3) is 5.13. The van der Waals surface area contributed by atoms with E-state index in [4.69, 9.17) is 16.3 Å². The summed E-state index contributed by atoms with van der Waals surface area (Å²) in [5.41, 5.74) is 1.30. The molecule has 1 aromatic heterocycles. The zero-order chi connectivity index (χ0) is 23.5. The normalized spacial score (nSPS) is 13.7. The third-order valence-electron chi connectivity index (χ3n) is 5.06. The summed E-state index contributed by atoms with van der Waals surface area (Å²) in [6.07, 6.45) is 4.86. The standard InChI is InChI=1S/C21H22ClN3O5S2/c1-25(2)32(28,29)13-8-9-17(22)15(10-13)21(27)30-12-19(26)24-20-16(11-23)14-6-4-3-5-7-18(14)31-20/h8-10H,3-7,12H2,1-2H3,(H,24,26). The Balaban J connectivity index is 1.70. The highest BCUT2D eigenvalue weighted by Gasteiger charge is 2.23. The van der Waals surface area contributed by atoms with Gasteiger partial charge in [0.1, 0.15) is 11.1 Å². The van der Waals surface area contributed by atoms with Crippen LogP contribution in [0.15, 0.2) is 23.1 Å². The lowest BCUT2D eigenvalue weighted by atomic mass is 10.1. The van der Waals surface area contributed by atoms with E-state index in [0.717, 1.165) is 52.9 Å². The van der Waals surface area contributed by atoms with E-state index in [2.05, 4.69) is 11.4 Å². The van der Waals surface area contributed by atoms with Gasteiger partial charge in [0, 0.05) is 19.0 Å². The Hall–Kier alpha value is -2.45. The summed E-state index contributed by atoms with van der Waals surface area (Å²) in [6, 6.07) is 5.85. The van der Waals surface area contributed by atoms with Crippen molar-refractivity contribution in [3.8, 4) is 6.07 Å². The molecule has 1 amide bonds. The maximum Gasteiger partial charge on any atom is 0.340 e. The monoisotopic (exact) mass is 495 g/mol. The molecular formula is C21H22ClN3O5S2. The first-order valence-electron chi connectivity index (χ1n) is 9.89. The van der Waals surface area contributed by atoms with E-state index >= 15 is 0 Å². The van der Waals surface area contributed by atoms with Crippen LogP contribution in [0.3, 0.4) is 0 Å². The third-order valence-corrected chi connectivity index (χ3v) is 8.40. The SMILES string of the molecule is CN(C)S(=O)(=O)c1ccc(Cl)c(C(=O)OCC(=O)Nc2sc3c(c2C#N)CCCCC3)c1. The number of hydrogen-bond acceptors (Lipinski definition) is 7. The van der Waals surface area contributed by atoms with Gasteiger partial charge in [0.15, 0.2) is 6.61 Å². The summed E-state index contributed by atoms with van der Waals surface area (Å²) >= 11 is 7.41. The topological polar surface area (TPSA) is 117 Å². The maximum atomic E-state index is 12.4. The number of nitriles is 1. The summed E-state index contributed by atoms with van der Waals surface area (Å²) in [5, 5.41) is 12.7. The minimum atomic E-state index is -3.78. The highest BCUT2D eigenvalue weighted by atomic mass is 35.5. The van der Waals surface area contributed by atoms with Gasteiger partial charge in [-0.1, -0.05) is 18.0 Å². The van der Waals surface area contributed by atoms with Crippen LogP contribution in [-0.2, 0) is 32.4 Å². The number of fused-ring (bicyclic) bond motifs is 1. The first-order chi connectivity index (χ1) is 15.1. The molecule has 0 atom stereocenters. The number of carbonyl (C=O) groups excluding carboxylic acids is 2. The Morgan fingerprint density at radius 2 is 1.97 bits per heavy atom. The number of hydrogen-bond donors (Lipinski definition) is 1. The van der Waals surface area contributed by atoms with E-state index in [0.29, 0.717) is 10.6 Å². The van der Waals surface area contributed by atoms with Gasteiger partial charge in [-0.3, -0.25) is 4.79 Å². The molecule has 3 rings (SSSR count). The van der Waals surface area contributed by atoms with Crippen LogP contribution in [-0.4, -0.2) is 45.3 Å². The van der Waals surface area contributed by atoms with Gasteiger partial charge in [0.05, 0.1) is 21.0 Å². The molecule has 0 fully saturated rings. The maximum absolute atomic E-state index is 12.4. The fourth-order valence-corrected chi connectivity index (χ4v) is 5.73. The number of halogens is 1. The summed E-state index contributed by atoms with van der Waals surface area (Å²) < 4.78 is 30.6. The van der Waals surface area contributed by atoms with Gasteiger partial charge in [-0.2, -0.15) is 5.26 Å². The molecule has 1 aliphatic rings. The number of carbonyl (C=O) groups is 2. The Kier molecular flexibility index (Phi) is 7.56. The van der Waals surface area contributed by atoms with Gasteiger partial charge in [-0.15, -0.1) is 11.3 Å². The number of anilines is 1. The Morgan fingerprint density at radius 3 is 2.66 bits per heavy atom. The largest absolute Gasteiger partial charge is 0.452 e. The number of sulfonamides is 1. The molecule has 0 spiro atoms. The fraction of sp³-hybridized carbons (Fsp3) is 0.381. The van der Waals surface area contributed by atoms with Crippen LogP contribution in [0.1, 0.15) is 45.6 Å². The lowest BCUT2D eigenvalue weighted by Gasteiger charge is -2.13. The average molecular weight is 496 g/mol. The van der Waals surface area contributed by atoms with Crippen LogP contribution < -0.4 is 5.32 Å². The number of aryl methyl sites for hydroxylation is 1. The summed E-state index contributed by atoms with van der Waals surface area (Å²) in [5.74, 6) is -1.53. The van der Waals surface area contributed by atoms with E-state index in [-0.39, 0.29) is 15.5 Å². The zero-order valence-electron chi connectivity index (χ0n) is 17.6. The van der Waals surface area contributed by atoms with Crippen molar-refractivity contribution in [3.63, 3.8) is 0 Å². The minimum Gasteiger partial charge on any atom is -0.452 e. The fourth-order valence-electron chi connectivity index (χ4n) is 3.35. The second-order valence-electron chi connectivity index (χ2n) is 7.43. The van der Waals surface area contributed by atoms with Crippen LogP contribution in [0, 0.1) is 11.3 Å². The molecule has 1 aromatic carbocycles. The molecule has 0 saturated heterocycles. The Morgan fingerprint density at radius 1 is 1.25 bits per heavy atom. The van der Waals surface area contributed by atoms with Gasteiger partial charge in [-0.05, 0) is 49.4 Å². The van der Waals surface area contributed by atoms with E-state index in [1.165, 1.54) is 37.6 Å². The number of rotatable bonds is 6. The molecule has 170 valence electrons. The summed E-state index contributed by atoms with van der Waals surface area (Å²) in [4.78, 5) is 25.8. The van der Waals surface area contributed by atoms with Crippen LogP contribution in [0.5, 0.6) is 0 Å². The minimum absolute atomic E-state index is 0.00174. The Bertz CT molecular complexity index is 1200. The van der Waals surface area contributed by atoms with Crippen LogP contribution in [0.25, 0.3) is 0 Å². The first-order valence-corrected chi connectivity index (χ1v) is 12.5. The number of benzene rings is 1. The molecule has 0 saturated carbocycles. The molecule has 11 heteroatoms. The van der Waals surface area contributed by atoms with Crippen molar-refractivity contribution in [2.45, 2.75) is 37.0 Å². The zero-order valence-corrected chi connectivity index (χ0v) is 20.0. The first kappa shape index (κ1) is 24.2. The molecule has 0 aliphatic heterocycles. The molecule has 0 radical (unpaired) electrons. The lowest BCUT2D eigenvalue weighted by molar-refractivity contribution is -0.119. The molecule has 0 bridgehead atoms. The van der Waals surface area contributed by atoms with Crippen LogP contribution in [0.2, 0.25) is 5.02 Å². The van der Waals surface area contributed by atoms with Gasteiger partial charge in [-0.25, -0.2) is 17.5 Å². The molecule has 32 heavy (non-hydrogen) atoms. The van der Waals surface area contributed by atoms with Crippen molar-refractivity contribution in [2.24, 2.45) is 0 Å². The van der Waals surface area contributed by atoms with Crippen molar-refractivity contribution < 1.29 is 22.7 Å². The van der Waals surface area contributed by atoms with Crippen molar-refractivity contribution in [3.05, 3.63) is 44.8 Å². The van der Waals surface area contributed by atoms with Gasteiger partial charge >= 0.3 is 5.97 Å². The van der Waals surface area contributed by atoms with Crippen LogP contribution in [0.4, 0.5) is 5.00 Å². The average Bonchev–Trinajstić information content (AvgIpc) is 2.90. The van der Waals surface area contributed by atoms with E-state index in [1.807, 2.05) is 0 Å². The number of amides is 1. The Labute approximate surface area is 195 Å². The smallest absolute Gasteiger partial charge is 0.340 e. The molecular weight excluding hydrogens is 474 g/mol. The number of nitrogens with one attached hydrogen (secondary N) is 1. The predicted octanol–water partition coefficient (Wildman–Crippen LogP) is 3.59. The molecule has 1 aliphatic carbocycles.